The van der Waals surface area contributed by atoms with E-state index in [0.717, 1.165) is 56.6 Å². The zero-order valence-corrected chi connectivity index (χ0v) is 19.7. The summed E-state index contributed by atoms with van der Waals surface area (Å²) < 4.78 is 3.36. The number of nitrogens with zero attached hydrogens (tertiary/aromatic N) is 4. The predicted molar refractivity (Wildman–Crippen MR) is 134 cm³/mol. The van der Waals surface area contributed by atoms with Crippen molar-refractivity contribution in [3.05, 3.63) is 65.1 Å². The lowest BCUT2D eigenvalue weighted by Crippen LogP contribution is -2.47. The van der Waals surface area contributed by atoms with Gasteiger partial charge < -0.3 is 10.2 Å². The van der Waals surface area contributed by atoms with Gasteiger partial charge in [0.1, 0.15) is 6.54 Å². The second-order valence-corrected chi connectivity index (χ2v) is 8.93. The maximum Gasteiger partial charge on any atom is 0.329 e. The average Bonchev–Trinajstić information content (AvgIpc) is 3.10. The van der Waals surface area contributed by atoms with Crippen LogP contribution in [0.25, 0.3) is 11.0 Å². The first kappa shape index (κ1) is 23.1. The van der Waals surface area contributed by atoms with E-state index in [-0.39, 0.29) is 24.2 Å². The number of carbonyl (C=O) groups is 1. The van der Waals surface area contributed by atoms with Crippen molar-refractivity contribution in [1.82, 2.24) is 19.4 Å². The first-order valence-electron chi connectivity index (χ1n) is 12.1. The number of hydrogen-bond donors (Lipinski definition) is 1. The van der Waals surface area contributed by atoms with E-state index in [9.17, 15) is 9.59 Å². The quantitative estimate of drug-likeness (QED) is 0.546. The van der Waals surface area contributed by atoms with Gasteiger partial charge in [-0.2, -0.15) is 0 Å². The Bertz CT molecular complexity index is 1110. The van der Waals surface area contributed by atoms with Gasteiger partial charge in [-0.3, -0.25) is 18.8 Å². The number of benzene rings is 2. The molecule has 0 bridgehead atoms. The van der Waals surface area contributed by atoms with Gasteiger partial charge in [0.2, 0.25) is 5.91 Å². The summed E-state index contributed by atoms with van der Waals surface area (Å²) in [4.78, 5) is 30.5. The number of hydrogen-bond acceptors (Lipinski definition) is 4. The molecule has 1 atom stereocenters. The minimum absolute atomic E-state index is 0.0517. The van der Waals surface area contributed by atoms with Crippen molar-refractivity contribution in [3.8, 4) is 0 Å². The lowest BCUT2D eigenvalue weighted by molar-refractivity contribution is -0.122. The zero-order chi connectivity index (χ0) is 23.2. The molecular formula is C26H35N5O2. The van der Waals surface area contributed by atoms with E-state index in [2.05, 4.69) is 52.4 Å². The molecule has 3 aromatic rings. The molecule has 2 aromatic carbocycles. The molecular weight excluding hydrogens is 414 g/mol. The van der Waals surface area contributed by atoms with Crippen LogP contribution in [0.1, 0.15) is 26.7 Å². The van der Waals surface area contributed by atoms with Crippen LogP contribution in [-0.4, -0.2) is 58.7 Å². The summed E-state index contributed by atoms with van der Waals surface area (Å²) >= 11 is 0. The van der Waals surface area contributed by atoms with Crippen molar-refractivity contribution in [2.24, 2.45) is 0 Å². The molecule has 7 heteroatoms. The zero-order valence-electron chi connectivity index (χ0n) is 19.7. The molecule has 0 saturated carbocycles. The second-order valence-electron chi connectivity index (χ2n) is 8.93. The van der Waals surface area contributed by atoms with Crippen LogP contribution in [0, 0.1) is 0 Å². The van der Waals surface area contributed by atoms with Gasteiger partial charge in [-0.05, 0) is 44.0 Å². The first-order chi connectivity index (χ1) is 16.1. The molecule has 0 radical (unpaired) electrons. The SMILES string of the molecule is CCCn1c(=O)n(CC(=O)N[C@@H](C)CCN2CCN(c3ccccc3)CC2)c2ccccc21. The van der Waals surface area contributed by atoms with Gasteiger partial charge in [-0.1, -0.05) is 37.3 Å². The van der Waals surface area contributed by atoms with Gasteiger partial charge in [0.15, 0.2) is 0 Å². The number of amides is 1. The maximum atomic E-state index is 12.9. The van der Waals surface area contributed by atoms with Crippen LogP contribution < -0.4 is 15.9 Å². The van der Waals surface area contributed by atoms with Crippen LogP contribution in [0.5, 0.6) is 0 Å². The summed E-state index contributed by atoms with van der Waals surface area (Å²) in [5, 5.41) is 3.09. The highest BCUT2D eigenvalue weighted by molar-refractivity contribution is 5.81. The van der Waals surface area contributed by atoms with E-state index >= 15 is 0 Å². The largest absolute Gasteiger partial charge is 0.369 e. The summed E-state index contributed by atoms with van der Waals surface area (Å²) in [7, 11) is 0. The van der Waals surface area contributed by atoms with Gasteiger partial charge in [-0.25, -0.2) is 4.79 Å². The van der Waals surface area contributed by atoms with Crippen molar-refractivity contribution in [2.45, 2.75) is 45.8 Å². The number of aromatic nitrogens is 2. The fourth-order valence-electron chi connectivity index (χ4n) is 4.65. The molecule has 0 aliphatic carbocycles. The predicted octanol–water partition coefficient (Wildman–Crippen LogP) is 2.93. The topological polar surface area (TPSA) is 62.5 Å². The van der Waals surface area contributed by atoms with Gasteiger partial charge in [0.25, 0.3) is 0 Å². The monoisotopic (exact) mass is 449 g/mol. The Morgan fingerprint density at radius 2 is 1.55 bits per heavy atom. The minimum atomic E-state index is -0.114. The Kier molecular flexibility index (Phi) is 7.50. The number of imidazole rings is 1. The van der Waals surface area contributed by atoms with E-state index in [4.69, 9.17) is 0 Å². The fourth-order valence-corrected chi connectivity index (χ4v) is 4.65. The molecule has 1 aliphatic rings. The molecule has 0 spiro atoms. The molecule has 0 unspecified atom stereocenters. The minimum Gasteiger partial charge on any atom is -0.369 e. The Labute approximate surface area is 195 Å². The summed E-state index contributed by atoms with van der Waals surface area (Å²) in [6.07, 6.45) is 1.76. The van der Waals surface area contributed by atoms with Crippen molar-refractivity contribution in [2.75, 3.05) is 37.6 Å². The highest BCUT2D eigenvalue weighted by atomic mass is 16.2. The van der Waals surface area contributed by atoms with Crippen molar-refractivity contribution < 1.29 is 4.79 Å². The van der Waals surface area contributed by atoms with Gasteiger partial charge in [0.05, 0.1) is 11.0 Å². The van der Waals surface area contributed by atoms with Gasteiger partial charge in [0, 0.05) is 51.0 Å². The number of piperazine rings is 1. The van der Waals surface area contributed by atoms with Gasteiger partial charge in [-0.15, -0.1) is 0 Å². The van der Waals surface area contributed by atoms with E-state index in [1.54, 1.807) is 9.13 Å². The number of fused-ring (bicyclic) bond motifs is 1. The first-order valence-corrected chi connectivity index (χ1v) is 12.1. The summed E-state index contributed by atoms with van der Waals surface area (Å²) in [5.74, 6) is -0.113. The standard InChI is InChI=1S/C26H35N5O2/c1-3-14-30-23-11-7-8-12-24(23)31(26(30)33)20-25(32)27-21(2)13-15-28-16-18-29(19-17-28)22-9-5-4-6-10-22/h4-12,21H,3,13-20H2,1-2H3,(H,27,32)/t21-/m0/s1. The molecule has 1 N–H and O–H groups in total. The lowest BCUT2D eigenvalue weighted by Gasteiger charge is -2.36. The third kappa shape index (κ3) is 5.47. The number of aryl methyl sites for hydroxylation is 1. The molecule has 2 heterocycles. The summed E-state index contributed by atoms with van der Waals surface area (Å²) in [5.41, 5.74) is 2.88. The van der Waals surface area contributed by atoms with E-state index in [1.807, 2.05) is 31.2 Å². The Balaban J connectivity index is 1.27. The average molecular weight is 450 g/mol. The molecule has 1 amide bonds. The molecule has 1 fully saturated rings. The van der Waals surface area contributed by atoms with E-state index in [0.29, 0.717) is 6.54 Å². The number of carbonyl (C=O) groups excluding carboxylic acids is 1. The smallest absolute Gasteiger partial charge is 0.329 e. The van der Waals surface area contributed by atoms with Crippen LogP contribution in [0.15, 0.2) is 59.4 Å². The van der Waals surface area contributed by atoms with Gasteiger partial charge >= 0.3 is 5.69 Å². The fraction of sp³-hybridized carbons (Fsp3) is 0.462. The van der Waals surface area contributed by atoms with Crippen LogP contribution in [0.4, 0.5) is 5.69 Å². The molecule has 7 nitrogen and oxygen atoms in total. The molecule has 4 rings (SSSR count). The van der Waals surface area contributed by atoms with Crippen molar-refractivity contribution >= 4 is 22.6 Å². The highest BCUT2D eigenvalue weighted by Gasteiger charge is 2.19. The molecule has 1 saturated heterocycles. The van der Waals surface area contributed by atoms with Crippen LogP contribution in [0.3, 0.4) is 0 Å². The molecule has 1 aliphatic heterocycles. The number of para-hydroxylation sites is 3. The Hall–Kier alpha value is -3.06. The number of rotatable bonds is 9. The summed E-state index contributed by atoms with van der Waals surface area (Å²) in [6, 6.07) is 18.3. The number of nitrogens with one attached hydrogen (secondary N) is 1. The summed E-state index contributed by atoms with van der Waals surface area (Å²) in [6.45, 7) is 9.86. The van der Waals surface area contributed by atoms with Crippen molar-refractivity contribution in [3.63, 3.8) is 0 Å². The van der Waals surface area contributed by atoms with E-state index in [1.165, 1.54) is 5.69 Å². The third-order valence-electron chi connectivity index (χ3n) is 6.45. The van der Waals surface area contributed by atoms with Crippen molar-refractivity contribution in [1.29, 1.82) is 0 Å². The van der Waals surface area contributed by atoms with E-state index < -0.39 is 0 Å². The maximum absolute atomic E-state index is 12.9. The molecule has 1 aromatic heterocycles. The Morgan fingerprint density at radius 1 is 0.909 bits per heavy atom. The third-order valence-corrected chi connectivity index (χ3v) is 6.45. The van der Waals surface area contributed by atoms with Crippen LogP contribution in [-0.2, 0) is 17.9 Å². The molecule has 33 heavy (non-hydrogen) atoms. The van der Waals surface area contributed by atoms with Crippen LogP contribution >= 0.6 is 0 Å². The lowest BCUT2D eigenvalue weighted by atomic mass is 10.2. The Morgan fingerprint density at radius 3 is 2.21 bits per heavy atom. The van der Waals surface area contributed by atoms with Crippen LogP contribution in [0.2, 0.25) is 0 Å². The number of anilines is 1. The highest BCUT2D eigenvalue weighted by Crippen LogP contribution is 2.16. The second kappa shape index (κ2) is 10.7. The molecule has 176 valence electrons. The normalized spacial score (nSPS) is 15.6.